The van der Waals surface area contributed by atoms with Crippen LogP contribution in [-0.4, -0.2) is 43.5 Å². The summed E-state index contributed by atoms with van der Waals surface area (Å²) in [4.78, 5) is 23.6. The van der Waals surface area contributed by atoms with Gasteiger partial charge in [0.15, 0.2) is 6.29 Å². The summed E-state index contributed by atoms with van der Waals surface area (Å²) in [6.07, 6.45) is 1.58. The van der Waals surface area contributed by atoms with Gasteiger partial charge in [-0.25, -0.2) is 0 Å². The number of methoxy groups -OCH3 is 2. The number of carbonyl (C=O) groups is 2. The molecule has 2 N–H and O–H groups in total. The summed E-state index contributed by atoms with van der Waals surface area (Å²) in [5, 5.41) is 12.1. The predicted molar refractivity (Wildman–Crippen MR) is 73.0 cm³/mol. The maximum absolute atomic E-state index is 12.3. The fraction of sp³-hybridized carbons (Fsp3) is 0.857. The van der Waals surface area contributed by atoms with Crippen LogP contribution in [0.15, 0.2) is 0 Å². The first-order valence-electron chi connectivity index (χ1n) is 7.03. The minimum absolute atomic E-state index is 0.222. The highest BCUT2D eigenvalue weighted by Crippen LogP contribution is 2.38. The van der Waals surface area contributed by atoms with E-state index in [1.54, 1.807) is 6.92 Å². The lowest BCUT2D eigenvalue weighted by molar-refractivity contribution is -0.148. The lowest BCUT2D eigenvalue weighted by Crippen LogP contribution is -2.46. The van der Waals surface area contributed by atoms with Crippen molar-refractivity contribution in [3.05, 3.63) is 0 Å². The molecule has 0 heterocycles. The highest BCUT2D eigenvalue weighted by atomic mass is 16.7. The molecule has 1 saturated carbocycles. The lowest BCUT2D eigenvalue weighted by Gasteiger charge is -2.24. The second kappa shape index (κ2) is 7.59. The molecule has 6 heteroatoms. The summed E-state index contributed by atoms with van der Waals surface area (Å²) in [5.74, 6) is -1.85. The molecule has 0 aliphatic heterocycles. The maximum atomic E-state index is 12.3. The van der Waals surface area contributed by atoms with Crippen LogP contribution in [0.5, 0.6) is 0 Å². The summed E-state index contributed by atoms with van der Waals surface area (Å²) >= 11 is 0. The highest BCUT2D eigenvalue weighted by molar-refractivity contribution is 5.85. The van der Waals surface area contributed by atoms with E-state index in [0.717, 1.165) is 6.42 Å². The van der Waals surface area contributed by atoms with Crippen LogP contribution in [0.3, 0.4) is 0 Å². The number of carboxylic acids is 1. The molecule has 1 amide bonds. The van der Waals surface area contributed by atoms with Gasteiger partial charge >= 0.3 is 5.97 Å². The van der Waals surface area contributed by atoms with E-state index in [1.165, 1.54) is 14.2 Å². The van der Waals surface area contributed by atoms with Crippen molar-refractivity contribution < 1.29 is 24.2 Å². The van der Waals surface area contributed by atoms with Crippen molar-refractivity contribution in [3.8, 4) is 0 Å². The quantitative estimate of drug-likeness (QED) is 0.688. The Morgan fingerprint density at radius 3 is 2.25 bits per heavy atom. The number of nitrogens with one attached hydrogen (secondary N) is 1. The number of hydrogen-bond acceptors (Lipinski definition) is 4. The van der Waals surface area contributed by atoms with Gasteiger partial charge in [0, 0.05) is 14.2 Å². The third-order valence-corrected chi connectivity index (χ3v) is 4.13. The van der Waals surface area contributed by atoms with E-state index >= 15 is 0 Å². The molecule has 116 valence electrons. The molecule has 0 aromatic carbocycles. The van der Waals surface area contributed by atoms with E-state index in [4.69, 9.17) is 9.47 Å². The standard InChI is InChI=1S/C14H25NO5/c1-5-9-6-10(11(7-9)13(17)18)12(16)15-8(2)14(19-3)20-4/h8-11,14H,5-7H2,1-4H3,(H,15,16)(H,17,18)/t8?,9?,10-,11+/m0/s1. The number of carboxylic acid groups (broad SMARTS) is 1. The second-order valence-corrected chi connectivity index (χ2v) is 5.43. The molecule has 0 bridgehead atoms. The normalized spacial score (nSPS) is 27.6. The van der Waals surface area contributed by atoms with Crippen molar-refractivity contribution in [1.29, 1.82) is 0 Å². The minimum Gasteiger partial charge on any atom is -0.481 e. The Morgan fingerprint density at radius 1 is 1.25 bits per heavy atom. The van der Waals surface area contributed by atoms with Crippen molar-refractivity contribution in [3.63, 3.8) is 0 Å². The van der Waals surface area contributed by atoms with E-state index in [0.29, 0.717) is 18.8 Å². The molecular weight excluding hydrogens is 262 g/mol. The molecule has 1 aliphatic rings. The Morgan fingerprint density at radius 2 is 1.80 bits per heavy atom. The second-order valence-electron chi connectivity index (χ2n) is 5.43. The van der Waals surface area contributed by atoms with Gasteiger partial charge in [-0.1, -0.05) is 13.3 Å². The molecule has 20 heavy (non-hydrogen) atoms. The first kappa shape index (κ1) is 16.9. The van der Waals surface area contributed by atoms with Crippen molar-refractivity contribution in [2.45, 2.75) is 45.4 Å². The summed E-state index contributed by atoms with van der Waals surface area (Å²) < 4.78 is 10.2. The van der Waals surface area contributed by atoms with Crippen molar-refractivity contribution in [1.82, 2.24) is 5.32 Å². The monoisotopic (exact) mass is 287 g/mol. The predicted octanol–water partition coefficient (Wildman–Crippen LogP) is 1.25. The van der Waals surface area contributed by atoms with E-state index < -0.39 is 24.1 Å². The number of ether oxygens (including phenoxy) is 2. The zero-order valence-corrected chi connectivity index (χ0v) is 12.6. The van der Waals surface area contributed by atoms with Crippen LogP contribution in [0.2, 0.25) is 0 Å². The number of aliphatic carboxylic acids is 1. The summed E-state index contributed by atoms with van der Waals surface area (Å²) in [5.41, 5.74) is 0. The van der Waals surface area contributed by atoms with Crippen LogP contribution in [-0.2, 0) is 19.1 Å². The van der Waals surface area contributed by atoms with Crippen molar-refractivity contribution >= 4 is 11.9 Å². The van der Waals surface area contributed by atoms with E-state index in [9.17, 15) is 14.7 Å². The minimum atomic E-state index is -0.885. The molecule has 0 radical (unpaired) electrons. The van der Waals surface area contributed by atoms with Gasteiger partial charge in [-0.15, -0.1) is 0 Å². The van der Waals surface area contributed by atoms with Gasteiger partial charge in [0.1, 0.15) is 0 Å². The zero-order chi connectivity index (χ0) is 15.3. The average molecular weight is 287 g/mol. The molecule has 0 spiro atoms. The van der Waals surface area contributed by atoms with E-state index in [1.807, 2.05) is 6.92 Å². The van der Waals surface area contributed by atoms with Gasteiger partial charge in [-0.2, -0.15) is 0 Å². The van der Waals surface area contributed by atoms with E-state index in [-0.39, 0.29) is 11.9 Å². The molecule has 1 aliphatic carbocycles. The van der Waals surface area contributed by atoms with Crippen LogP contribution in [0, 0.1) is 17.8 Å². The first-order chi connectivity index (χ1) is 9.44. The Bertz CT molecular complexity index is 342. The highest BCUT2D eigenvalue weighted by Gasteiger charge is 2.42. The lowest BCUT2D eigenvalue weighted by atomic mass is 9.95. The summed E-state index contributed by atoms with van der Waals surface area (Å²) in [6.45, 7) is 3.80. The van der Waals surface area contributed by atoms with Crippen LogP contribution in [0.4, 0.5) is 0 Å². The number of amides is 1. The molecule has 0 aromatic rings. The van der Waals surface area contributed by atoms with Crippen LogP contribution in [0.1, 0.15) is 33.1 Å². The van der Waals surface area contributed by atoms with Crippen LogP contribution < -0.4 is 5.32 Å². The molecule has 1 rings (SSSR count). The maximum Gasteiger partial charge on any atom is 0.307 e. The van der Waals surface area contributed by atoms with Crippen molar-refractivity contribution in [2.75, 3.05) is 14.2 Å². The van der Waals surface area contributed by atoms with Crippen LogP contribution >= 0.6 is 0 Å². The number of carbonyl (C=O) groups excluding carboxylic acids is 1. The largest absolute Gasteiger partial charge is 0.481 e. The van der Waals surface area contributed by atoms with Gasteiger partial charge in [0.25, 0.3) is 0 Å². The first-order valence-corrected chi connectivity index (χ1v) is 7.03. The van der Waals surface area contributed by atoms with Gasteiger partial charge in [-0.3, -0.25) is 9.59 Å². The Balaban J connectivity index is 2.67. The fourth-order valence-electron chi connectivity index (χ4n) is 2.94. The molecule has 6 nitrogen and oxygen atoms in total. The number of rotatable bonds is 7. The summed E-state index contributed by atoms with van der Waals surface area (Å²) in [7, 11) is 3.00. The number of hydrogen-bond donors (Lipinski definition) is 2. The summed E-state index contributed by atoms with van der Waals surface area (Å²) in [6, 6.07) is -0.326. The molecule has 0 aromatic heterocycles. The molecule has 4 atom stereocenters. The third-order valence-electron chi connectivity index (χ3n) is 4.13. The molecule has 0 saturated heterocycles. The fourth-order valence-corrected chi connectivity index (χ4v) is 2.94. The van der Waals surface area contributed by atoms with Gasteiger partial charge in [-0.05, 0) is 25.7 Å². The van der Waals surface area contributed by atoms with Gasteiger partial charge in [0.2, 0.25) is 5.91 Å². The average Bonchev–Trinajstić information content (AvgIpc) is 2.84. The SMILES string of the molecule is CCC1C[C@H](C(=O)NC(C)C(OC)OC)[C@H](C(=O)O)C1. The molecular formula is C14H25NO5. The third kappa shape index (κ3) is 3.93. The zero-order valence-electron chi connectivity index (χ0n) is 12.6. The van der Waals surface area contributed by atoms with Crippen LogP contribution in [0.25, 0.3) is 0 Å². The smallest absolute Gasteiger partial charge is 0.307 e. The Kier molecular flexibility index (Phi) is 6.42. The molecule has 1 fully saturated rings. The molecule has 2 unspecified atom stereocenters. The van der Waals surface area contributed by atoms with Gasteiger partial charge in [0.05, 0.1) is 17.9 Å². The van der Waals surface area contributed by atoms with E-state index in [2.05, 4.69) is 5.32 Å². The Labute approximate surface area is 119 Å². The van der Waals surface area contributed by atoms with Crippen molar-refractivity contribution in [2.24, 2.45) is 17.8 Å². The van der Waals surface area contributed by atoms with Gasteiger partial charge < -0.3 is 19.9 Å². The topological polar surface area (TPSA) is 84.9 Å². The Hall–Kier alpha value is -1.14.